The first-order valence-electron chi connectivity index (χ1n) is 11.0. The quantitative estimate of drug-likeness (QED) is 0.494. The van der Waals surface area contributed by atoms with E-state index in [9.17, 15) is 26.4 Å². The lowest BCUT2D eigenvalue weighted by Crippen LogP contribution is -2.27. The monoisotopic (exact) mass is 518 g/mol. The Balaban J connectivity index is 1.46. The average molecular weight is 519 g/mol. The Labute approximate surface area is 205 Å². The molecule has 1 aliphatic heterocycles. The predicted molar refractivity (Wildman–Crippen MR) is 125 cm³/mol. The lowest BCUT2D eigenvalue weighted by Gasteiger charge is -2.19. The van der Waals surface area contributed by atoms with Gasteiger partial charge in [-0.3, -0.25) is 4.79 Å². The van der Waals surface area contributed by atoms with Crippen LogP contribution in [0.25, 0.3) is 11.1 Å². The van der Waals surface area contributed by atoms with Crippen molar-refractivity contribution in [2.24, 2.45) is 0 Å². The molecule has 7 nitrogen and oxygen atoms in total. The topological polar surface area (TPSA) is 93.7 Å². The van der Waals surface area contributed by atoms with Gasteiger partial charge in [-0.1, -0.05) is 18.2 Å². The van der Waals surface area contributed by atoms with Crippen molar-refractivity contribution in [1.82, 2.24) is 4.72 Å². The number of carbonyl (C=O) groups excluding carboxylic acids is 1. The van der Waals surface area contributed by atoms with E-state index < -0.39 is 27.2 Å². The van der Waals surface area contributed by atoms with E-state index in [1.54, 1.807) is 18.2 Å². The van der Waals surface area contributed by atoms with Crippen LogP contribution in [0.5, 0.6) is 11.5 Å². The highest BCUT2D eigenvalue weighted by molar-refractivity contribution is 7.89. The summed E-state index contributed by atoms with van der Waals surface area (Å²) in [6.45, 7) is 0.105. The van der Waals surface area contributed by atoms with Crippen LogP contribution in [0.4, 0.5) is 18.9 Å². The maximum atomic E-state index is 13.8. The van der Waals surface area contributed by atoms with Crippen LogP contribution in [-0.4, -0.2) is 28.2 Å². The largest absolute Gasteiger partial charge is 0.454 e. The number of amides is 1. The van der Waals surface area contributed by atoms with Gasteiger partial charge < -0.3 is 14.8 Å². The molecule has 5 rings (SSSR count). The molecule has 1 heterocycles. The van der Waals surface area contributed by atoms with Gasteiger partial charge in [0.2, 0.25) is 22.7 Å². The summed E-state index contributed by atoms with van der Waals surface area (Å²) in [5, 5.41) is 2.76. The molecule has 188 valence electrons. The SMILES string of the molecule is CNS(=O)(=O)c1ccc(-c2cc(NC(=O)C3(c4ccc5c(c4)OCO5)CC3)ccc2C(F)(F)F)cc1. The molecule has 3 aromatic carbocycles. The molecule has 1 fully saturated rings. The number of carbonyl (C=O) groups is 1. The zero-order valence-corrected chi connectivity index (χ0v) is 19.8. The Kier molecular flexibility index (Phi) is 5.72. The molecule has 0 aromatic heterocycles. The number of benzene rings is 3. The van der Waals surface area contributed by atoms with Crippen LogP contribution in [0.2, 0.25) is 0 Å². The lowest BCUT2D eigenvalue weighted by molar-refractivity contribution is -0.137. The van der Waals surface area contributed by atoms with Crippen LogP contribution >= 0.6 is 0 Å². The molecule has 1 saturated carbocycles. The number of rotatable bonds is 6. The van der Waals surface area contributed by atoms with E-state index in [-0.39, 0.29) is 34.4 Å². The number of sulfonamides is 1. The Morgan fingerprint density at radius 2 is 1.64 bits per heavy atom. The van der Waals surface area contributed by atoms with Crippen molar-refractivity contribution < 1.29 is 35.9 Å². The number of halogens is 3. The van der Waals surface area contributed by atoms with Crippen molar-refractivity contribution in [3.05, 3.63) is 71.8 Å². The van der Waals surface area contributed by atoms with E-state index in [1.165, 1.54) is 43.4 Å². The summed E-state index contributed by atoms with van der Waals surface area (Å²) in [6.07, 6.45) is -3.47. The summed E-state index contributed by atoms with van der Waals surface area (Å²) in [4.78, 5) is 13.2. The van der Waals surface area contributed by atoms with Gasteiger partial charge in [-0.25, -0.2) is 13.1 Å². The molecule has 2 N–H and O–H groups in total. The standard InChI is InChI=1S/C25H21F3N2O5S/c1-29-36(32,33)18-6-2-15(3-7-18)19-13-17(5-8-20(19)25(26,27)28)30-23(31)24(10-11-24)16-4-9-21-22(12-16)35-14-34-21/h2-9,12-13,29H,10-11,14H2,1H3,(H,30,31). The second-order valence-electron chi connectivity index (χ2n) is 8.59. The summed E-state index contributed by atoms with van der Waals surface area (Å²) >= 11 is 0. The van der Waals surface area contributed by atoms with Gasteiger partial charge in [-0.05, 0) is 79.0 Å². The second-order valence-corrected chi connectivity index (χ2v) is 10.5. The summed E-state index contributed by atoms with van der Waals surface area (Å²) in [5.74, 6) is 0.811. The Morgan fingerprint density at radius 3 is 2.28 bits per heavy atom. The molecule has 0 radical (unpaired) electrons. The normalized spacial score (nSPS) is 16.0. The van der Waals surface area contributed by atoms with Crippen LogP contribution in [0.1, 0.15) is 24.0 Å². The van der Waals surface area contributed by atoms with Gasteiger partial charge >= 0.3 is 6.18 Å². The zero-order valence-electron chi connectivity index (χ0n) is 19.0. The molecule has 0 bridgehead atoms. The number of hydrogen-bond donors (Lipinski definition) is 2. The van der Waals surface area contributed by atoms with Gasteiger partial charge in [0.25, 0.3) is 0 Å². The minimum atomic E-state index is -4.65. The van der Waals surface area contributed by atoms with Crippen LogP contribution < -0.4 is 19.5 Å². The van der Waals surface area contributed by atoms with Crippen molar-refractivity contribution in [3.63, 3.8) is 0 Å². The zero-order chi connectivity index (χ0) is 25.7. The third-order valence-electron chi connectivity index (χ3n) is 6.44. The van der Waals surface area contributed by atoms with Gasteiger partial charge in [0.05, 0.1) is 15.9 Å². The third-order valence-corrected chi connectivity index (χ3v) is 7.87. The fraction of sp³-hybridized carbons (Fsp3) is 0.240. The van der Waals surface area contributed by atoms with E-state index in [2.05, 4.69) is 10.0 Å². The number of fused-ring (bicyclic) bond motifs is 1. The summed E-state index contributed by atoms with van der Waals surface area (Å²) in [5.41, 5.74) is -0.777. The minimum Gasteiger partial charge on any atom is -0.454 e. The van der Waals surface area contributed by atoms with E-state index in [1.807, 2.05) is 0 Å². The van der Waals surface area contributed by atoms with Gasteiger partial charge in [0.1, 0.15) is 0 Å². The number of alkyl halides is 3. The average Bonchev–Trinajstić information content (AvgIpc) is 3.54. The predicted octanol–water partition coefficient (Wildman–Crippen LogP) is 4.68. The van der Waals surface area contributed by atoms with Crippen molar-refractivity contribution in [2.45, 2.75) is 29.3 Å². The number of nitrogens with one attached hydrogen (secondary N) is 2. The number of ether oxygens (including phenoxy) is 2. The van der Waals surface area contributed by atoms with Crippen molar-refractivity contribution in [2.75, 3.05) is 19.2 Å². The lowest BCUT2D eigenvalue weighted by atomic mass is 9.94. The molecule has 0 atom stereocenters. The number of anilines is 1. The molecular weight excluding hydrogens is 497 g/mol. The van der Waals surface area contributed by atoms with Crippen molar-refractivity contribution >= 4 is 21.6 Å². The molecular formula is C25H21F3N2O5S. The highest BCUT2D eigenvalue weighted by Gasteiger charge is 2.51. The molecule has 11 heteroatoms. The highest BCUT2D eigenvalue weighted by Crippen LogP contribution is 2.51. The second kappa shape index (κ2) is 8.52. The molecule has 36 heavy (non-hydrogen) atoms. The molecule has 0 unspecified atom stereocenters. The molecule has 1 aliphatic carbocycles. The fourth-order valence-corrected chi connectivity index (χ4v) is 4.99. The smallest absolute Gasteiger partial charge is 0.417 e. The first-order valence-corrected chi connectivity index (χ1v) is 12.5. The molecule has 1 amide bonds. The molecule has 0 saturated heterocycles. The minimum absolute atomic E-state index is 0.0776. The Morgan fingerprint density at radius 1 is 0.944 bits per heavy atom. The Hall–Kier alpha value is -3.57. The van der Waals surface area contributed by atoms with E-state index >= 15 is 0 Å². The summed E-state index contributed by atoms with van der Waals surface area (Å²) in [7, 11) is -2.50. The maximum absolute atomic E-state index is 13.8. The molecule has 3 aromatic rings. The van der Waals surface area contributed by atoms with E-state index in [0.717, 1.165) is 11.6 Å². The van der Waals surface area contributed by atoms with Crippen LogP contribution in [0, 0.1) is 0 Å². The van der Waals surface area contributed by atoms with Crippen LogP contribution in [-0.2, 0) is 26.4 Å². The first-order chi connectivity index (χ1) is 17.0. The van der Waals surface area contributed by atoms with Crippen LogP contribution in [0.3, 0.4) is 0 Å². The summed E-state index contributed by atoms with van der Waals surface area (Å²) < 4.78 is 78.1. The summed E-state index contributed by atoms with van der Waals surface area (Å²) in [6, 6.07) is 13.7. The first kappa shape index (κ1) is 24.1. The Bertz CT molecular complexity index is 1450. The molecule has 0 spiro atoms. The van der Waals surface area contributed by atoms with E-state index in [0.29, 0.717) is 24.3 Å². The molecule has 2 aliphatic rings. The van der Waals surface area contributed by atoms with Gasteiger partial charge in [-0.2, -0.15) is 13.2 Å². The van der Waals surface area contributed by atoms with E-state index in [4.69, 9.17) is 9.47 Å². The van der Waals surface area contributed by atoms with Crippen LogP contribution in [0.15, 0.2) is 65.6 Å². The number of hydrogen-bond acceptors (Lipinski definition) is 5. The van der Waals surface area contributed by atoms with Gasteiger partial charge in [0, 0.05) is 5.69 Å². The fourth-order valence-electron chi connectivity index (χ4n) is 4.26. The van der Waals surface area contributed by atoms with Gasteiger partial charge in [-0.15, -0.1) is 0 Å². The third kappa shape index (κ3) is 4.28. The highest BCUT2D eigenvalue weighted by atomic mass is 32.2. The van der Waals surface area contributed by atoms with Crippen molar-refractivity contribution in [1.29, 1.82) is 0 Å². The van der Waals surface area contributed by atoms with Crippen molar-refractivity contribution in [3.8, 4) is 22.6 Å². The maximum Gasteiger partial charge on any atom is 0.417 e. The van der Waals surface area contributed by atoms with Gasteiger partial charge in [0.15, 0.2) is 11.5 Å².